The van der Waals surface area contributed by atoms with Crippen molar-refractivity contribution in [3.8, 4) is 0 Å². The topological polar surface area (TPSA) is 78.4 Å². The Hall–Kier alpha value is -1.26. The van der Waals surface area contributed by atoms with Gasteiger partial charge in [-0.05, 0) is 24.7 Å². The van der Waals surface area contributed by atoms with Crippen LogP contribution in [0, 0.1) is 17.8 Å². The van der Waals surface area contributed by atoms with Crippen molar-refractivity contribution in [2.24, 2.45) is 17.8 Å². The third-order valence-corrected chi connectivity index (χ3v) is 3.15. The molecule has 1 rings (SSSR count). The Kier molecular flexibility index (Phi) is 4.58. The monoisotopic (exact) mass is 228 g/mol. The Morgan fingerprint density at radius 3 is 2.50 bits per heavy atom. The van der Waals surface area contributed by atoms with E-state index in [1.54, 1.807) is 6.92 Å². The molecule has 1 aliphatic rings. The maximum atomic E-state index is 11.3. The number of carbonyl (C=O) groups is 2. The number of rotatable bonds is 6. The Balaban J connectivity index is 2.11. The van der Waals surface area contributed by atoms with Gasteiger partial charge in [0.2, 0.25) is 0 Å². The van der Waals surface area contributed by atoms with E-state index < -0.39 is 11.9 Å². The molecule has 0 aromatic carbocycles. The summed E-state index contributed by atoms with van der Waals surface area (Å²) < 4.78 is 0. The standard InChI is InChI=1S/C11H20N2O3/c1-3-8(10(14)15)5-12-11(16)13-6-9-4-7(9)2/h7-9H,3-6H2,1-2H3,(H,14,15)(H2,12,13,16). The minimum atomic E-state index is -0.862. The van der Waals surface area contributed by atoms with Gasteiger partial charge in [-0.1, -0.05) is 13.8 Å². The lowest BCUT2D eigenvalue weighted by atomic mass is 10.1. The zero-order valence-electron chi connectivity index (χ0n) is 9.82. The highest BCUT2D eigenvalue weighted by Gasteiger charge is 2.32. The van der Waals surface area contributed by atoms with Gasteiger partial charge in [0.15, 0.2) is 0 Å². The lowest BCUT2D eigenvalue weighted by molar-refractivity contribution is -0.141. The normalized spacial score (nSPS) is 24.6. The van der Waals surface area contributed by atoms with Crippen LogP contribution in [0.1, 0.15) is 26.7 Å². The van der Waals surface area contributed by atoms with E-state index in [-0.39, 0.29) is 12.6 Å². The summed E-state index contributed by atoms with van der Waals surface area (Å²) in [5.41, 5.74) is 0. The molecule has 0 aromatic rings. The molecule has 5 heteroatoms. The zero-order valence-corrected chi connectivity index (χ0v) is 9.82. The molecule has 0 aliphatic heterocycles. The molecule has 1 saturated carbocycles. The molecule has 0 spiro atoms. The van der Waals surface area contributed by atoms with Crippen LogP contribution in [-0.2, 0) is 4.79 Å². The number of nitrogens with one attached hydrogen (secondary N) is 2. The lowest BCUT2D eigenvalue weighted by Crippen LogP contribution is -2.40. The molecular weight excluding hydrogens is 208 g/mol. The Labute approximate surface area is 95.6 Å². The molecule has 3 atom stereocenters. The van der Waals surface area contributed by atoms with E-state index in [4.69, 9.17) is 5.11 Å². The fourth-order valence-corrected chi connectivity index (χ4v) is 1.59. The van der Waals surface area contributed by atoms with Crippen LogP contribution >= 0.6 is 0 Å². The van der Waals surface area contributed by atoms with Gasteiger partial charge in [0.05, 0.1) is 5.92 Å². The van der Waals surface area contributed by atoms with E-state index in [2.05, 4.69) is 17.6 Å². The lowest BCUT2D eigenvalue weighted by Gasteiger charge is -2.11. The van der Waals surface area contributed by atoms with Gasteiger partial charge in [-0.25, -0.2) is 4.79 Å². The summed E-state index contributed by atoms with van der Waals surface area (Å²) in [5, 5.41) is 14.1. The van der Waals surface area contributed by atoms with Crippen molar-refractivity contribution in [2.75, 3.05) is 13.1 Å². The highest BCUT2D eigenvalue weighted by atomic mass is 16.4. The van der Waals surface area contributed by atoms with Crippen LogP contribution in [0.15, 0.2) is 0 Å². The highest BCUT2D eigenvalue weighted by Crippen LogP contribution is 2.36. The van der Waals surface area contributed by atoms with E-state index in [0.717, 1.165) is 0 Å². The molecule has 3 unspecified atom stereocenters. The van der Waals surface area contributed by atoms with Crippen LogP contribution in [0.3, 0.4) is 0 Å². The predicted molar refractivity (Wildman–Crippen MR) is 60.1 cm³/mol. The number of carbonyl (C=O) groups excluding carboxylic acids is 1. The van der Waals surface area contributed by atoms with E-state index in [1.165, 1.54) is 6.42 Å². The molecule has 0 saturated heterocycles. The number of urea groups is 1. The summed E-state index contributed by atoms with van der Waals surface area (Å²) >= 11 is 0. The maximum absolute atomic E-state index is 11.3. The van der Waals surface area contributed by atoms with Crippen molar-refractivity contribution in [1.82, 2.24) is 10.6 Å². The minimum Gasteiger partial charge on any atom is -0.481 e. The molecular formula is C11H20N2O3. The molecule has 2 amide bonds. The maximum Gasteiger partial charge on any atom is 0.314 e. The molecule has 0 radical (unpaired) electrons. The van der Waals surface area contributed by atoms with Crippen LogP contribution in [0.2, 0.25) is 0 Å². The van der Waals surface area contributed by atoms with E-state index in [1.807, 2.05) is 0 Å². The van der Waals surface area contributed by atoms with E-state index in [9.17, 15) is 9.59 Å². The molecule has 5 nitrogen and oxygen atoms in total. The minimum absolute atomic E-state index is 0.192. The van der Waals surface area contributed by atoms with Crippen molar-refractivity contribution >= 4 is 12.0 Å². The Morgan fingerprint density at radius 2 is 2.06 bits per heavy atom. The van der Waals surface area contributed by atoms with E-state index in [0.29, 0.717) is 24.8 Å². The molecule has 16 heavy (non-hydrogen) atoms. The molecule has 92 valence electrons. The second-order valence-corrected chi connectivity index (χ2v) is 4.51. The van der Waals surface area contributed by atoms with Crippen LogP contribution in [0.5, 0.6) is 0 Å². The highest BCUT2D eigenvalue weighted by molar-refractivity contribution is 5.75. The van der Waals surface area contributed by atoms with Gasteiger partial charge >= 0.3 is 12.0 Å². The Morgan fingerprint density at radius 1 is 1.44 bits per heavy atom. The van der Waals surface area contributed by atoms with Crippen LogP contribution in [0.25, 0.3) is 0 Å². The third-order valence-electron chi connectivity index (χ3n) is 3.15. The fraction of sp³-hybridized carbons (Fsp3) is 0.818. The number of aliphatic carboxylic acids is 1. The van der Waals surface area contributed by atoms with Crippen molar-refractivity contribution in [3.63, 3.8) is 0 Å². The number of carboxylic acid groups (broad SMARTS) is 1. The average molecular weight is 228 g/mol. The van der Waals surface area contributed by atoms with E-state index >= 15 is 0 Å². The first-order chi connectivity index (χ1) is 7.54. The smallest absolute Gasteiger partial charge is 0.314 e. The van der Waals surface area contributed by atoms with Crippen molar-refractivity contribution < 1.29 is 14.7 Å². The Bertz CT molecular complexity index is 268. The summed E-state index contributed by atoms with van der Waals surface area (Å²) in [4.78, 5) is 22.0. The van der Waals surface area contributed by atoms with Crippen molar-refractivity contribution in [1.29, 1.82) is 0 Å². The summed E-state index contributed by atoms with van der Waals surface area (Å²) in [6.07, 6.45) is 1.70. The SMILES string of the molecule is CCC(CNC(=O)NCC1CC1C)C(=O)O. The van der Waals surface area contributed by atoms with Gasteiger partial charge in [0, 0.05) is 13.1 Å². The van der Waals surface area contributed by atoms with Crippen molar-refractivity contribution in [2.45, 2.75) is 26.7 Å². The third kappa shape index (κ3) is 4.08. The van der Waals surface area contributed by atoms with Crippen LogP contribution < -0.4 is 10.6 Å². The van der Waals surface area contributed by atoms with Gasteiger partial charge < -0.3 is 15.7 Å². The first-order valence-electron chi connectivity index (χ1n) is 5.79. The summed E-state index contributed by atoms with van der Waals surface area (Å²) in [6.45, 7) is 4.83. The first kappa shape index (κ1) is 12.8. The van der Waals surface area contributed by atoms with Gasteiger partial charge in [-0.3, -0.25) is 4.79 Å². The largest absolute Gasteiger partial charge is 0.481 e. The second-order valence-electron chi connectivity index (χ2n) is 4.51. The summed E-state index contributed by atoms with van der Waals surface area (Å²) in [7, 11) is 0. The second kappa shape index (κ2) is 5.72. The number of hydrogen-bond acceptors (Lipinski definition) is 2. The average Bonchev–Trinajstić information content (AvgIpc) is 2.92. The molecule has 0 bridgehead atoms. The predicted octanol–water partition coefficient (Wildman–Crippen LogP) is 1.05. The van der Waals surface area contributed by atoms with Gasteiger partial charge in [-0.2, -0.15) is 0 Å². The van der Waals surface area contributed by atoms with Gasteiger partial charge in [-0.15, -0.1) is 0 Å². The van der Waals surface area contributed by atoms with Crippen LogP contribution in [0.4, 0.5) is 4.79 Å². The molecule has 1 fully saturated rings. The number of amides is 2. The summed E-state index contributed by atoms with van der Waals surface area (Å²) in [6, 6.07) is -0.265. The fourth-order valence-electron chi connectivity index (χ4n) is 1.59. The van der Waals surface area contributed by atoms with Crippen LogP contribution in [-0.4, -0.2) is 30.2 Å². The quantitative estimate of drug-likeness (QED) is 0.636. The van der Waals surface area contributed by atoms with Gasteiger partial charge in [0.1, 0.15) is 0 Å². The van der Waals surface area contributed by atoms with Crippen molar-refractivity contribution in [3.05, 3.63) is 0 Å². The zero-order chi connectivity index (χ0) is 12.1. The molecule has 0 heterocycles. The number of hydrogen-bond donors (Lipinski definition) is 3. The van der Waals surface area contributed by atoms with Gasteiger partial charge in [0.25, 0.3) is 0 Å². The molecule has 1 aliphatic carbocycles. The molecule has 3 N–H and O–H groups in total. The first-order valence-corrected chi connectivity index (χ1v) is 5.79. The summed E-state index contributed by atoms with van der Waals surface area (Å²) in [5.74, 6) is -0.0425. The number of carboxylic acids is 1. The molecule has 0 aromatic heterocycles.